The summed E-state index contributed by atoms with van der Waals surface area (Å²) in [6, 6.07) is 16.7. The van der Waals surface area contributed by atoms with E-state index in [9.17, 15) is 14.4 Å². The topological polar surface area (TPSA) is 76.2 Å². The summed E-state index contributed by atoms with van der Waals surface area (Å²) < 4.78 is 11.3. The molecule has 35 heavy (non-hydrogen) atoms. The Labute approximate surface area is 211 Å². The molecule has 7 nitrogen and oxygen atoms in total. The highest BCUT2D eigenvalue weighted by atomic mass is 79.9. The van der Waals surface area contributed by atoms with Crippen molar-refractivity contribution in [2.24, 2.45) is 0 Å². The lowest BCUT2D eigenvalue weighted by atomic mass is 10.0. The zero-order chi connectivity index (χ0) is 25.3. The molecule has 0 aromatic heterocycles. The minimum atomic E-state index is -0.728. The fourth-order valence-electron chi connectivity index (χ4n) is 3.97. The van der Waals surface area contributed by atoms with E-state index in [0.717, 1.165) is 20.9 Å². The zero-order valence-corrected chi connectivity index (χ0v) is 21.3. The highest BCUT2D eigenvalue weighted by Gasteiger charge is 2.44. The van der Waals surface area contributed by atoms with Crippen LogP contribution in [0, 0.1) is 13.8 Å². The monoisotopic (exact) mass is 534 g/mol. The van der Waals surface area contributed by atoms with Gasteiger partial charge < -0.3 is 9.47 Å². The second-order valence-electron chi connectivity index (χ2n) is 7.93. The number of barbiturate groups is 1. The average molecular weight is 535 g/mol. The van der Waals surface area contributed by atoms with Crippen molar-refractivity contribution in [3.05, 3.63) is 87.4 Å². The molecule has 0 aliphatic carbocycles. The van der Waals surface area contributed by atoms with Gasteiger partial charge in [-0.1, -0.05) is 36.4 Å². The van der Waals surface area contributed by atoms with E-state index >= 15 is 0 Å². The maximum absolute atomic E-state index is 13.6. The van der Waals surface area contributed by atoms with E-state index in [1.54, 1.807) is 62.4 Å². The lowest BCUT2D eigenvalue weighted by Gasteiger charge is -2.35. The molecule has 8 heteroatoms. The summed E-state index contributed by atoms with van der Waals surface area (Å²) >= 11 is 3.44. The normalized spacial score (nSPS) is 13.9. The van der Waals surface area contributed by atoms with E-state index in [4.69, 9.17) is 9.47 Å². The van der Waals surface area contributed by atoms with Crippen LogP contribution >= 0.6 is 15.9 Å². The summed E-state index contributed by atoms with van der Waals surface area (Å²) in [7, 11) is 3.01. The first-order chi connectivity index (χ1) is 16.8. The Morgan fingerprint density at radius 2 is 1.29 bits per heavy atom. The number of anilines is 2. The third-order valence-electron chi connectivity index (χ3n) is 5.73. The first-order valence-corrected chi connectivity index (χ1v) is 11.5. The summed E-state index contributed by atoms with van der Waals surface area (Å²) in [5.74, 6) is -0.503. The van der Waals surface area contributed by atoms with Crippen molar-refractivity contribution in [1.82, 2.24) is 0 Å². The number of halogens is 1. The van der Waals surface area contributed by atoms with Gasteiger partial charge in [-0.25, -0.2) is 14.6 Å². The van der Waals surface area contributed by atoms with E-state index in [-0.39, 0.29) is 5.57 Å². The largest absolute Gasteiger partial charge is 0.493 e. The van der Waals surface area contributed by atoms with Gasteiger partial charge in [-0.15, -0.1) is 0 Å². The number of rotatable bonds is 5. The standard InChI is InChI=1S/C27H23BrN2O5/c1-16-9-5-7-11-21(16)29-25(31)19(13-18-14-20(28)24(35-4)23(15-18)34-3)26(32)30(27(29)33)22-12-8-6-10-17(22)2/h5-15H,1-4H3. The molecule has 0 spiro atoms. The van der Waals surface area contributed by atoms with E-state index in [2.05, 4.69) is 15.9 Å². The number of ether oxygens (including phenoxy) is 2. The minimum absolute atomic E-state index is 0.157. The first-order valence-electron chi connectivity index (χ1n) is 10.8. The molecule has 0 unspecified atom stereocenters. The number of nitrogens with zero attached hydrogens (tertiary/aromatic N) is 2. The molecule has 0 N–H and O–H groups in total. The number of imide groups is 2. The van der Waals surface area contributed by atoms with Crippen molar-refractivity contribution in [2.45, 2.75) is 13.8 Å². The van der Waals surface area contributed by atoms with Gasteiger partial charge in [0, 0.05) is 0 Å². The third kappa shape index (κ3) is 4.33. The maximum Gasteiger partial charge on any atom is 0.343 e. The van der Waals surface area contributed by atoms with Crippen LogP contribution in [0.15, 0.2) is 70.7 Å². The molecule has 1 aliphatic rings. The van der Waals surface area contributed by atoms with Crippen LogP contribution in [0.4, 0.5) is 16.2 Å². The van der Waals surface area contributed by atoms with Crippen molar-refractivity contribution in [1.29, 1.82) is 0 Å². The van der Waals surface area contributed by atoms with E-state index in [0.29, 0.717) is 32.9 Å². The maximum atomic E-state index is 13.6. The van der Waals surface area contributed by atoms with Gasteiger partial charge in [-0.3, -0.25) is 9.59 Å². The molecule has 1 saturated heterocycles. The fourth-order valence-corrected chi connectivity index (χ4v) is 4.59. The Balaban J connectivity index is 1.93. The molecular formula is C27H23BrN2O5. The van der Waals surface area contributed by atoms with Crippen LogP contribution in [0.25, 0.3) is 6.08 Å². The highest BCUT2D eigenvalue weighted by Crippen LogP contribution is 2.38. The molecule has 4 rings (SSSR count). The first kappa shape index (κ1) is 24.2. The van der Waals surface area contributed by atoms with Crippen molar-refractivity contribution >= 4 is 51.2 Å². The quantitative estimate of drug-likeness (QED) is 0.311. The van der Waals surface area contributed by atoms with Crippen LogP contribution < -0.4 is 19.3 Å². The van der Waals surface area contributed by atoms with Crippen LogP contribution in [-0.2, 0) is 9.59 Å². The SMILES string of the molecule is COc1cc(C=C2C(=O)N(c3ccccc3C)C(=O)N(c3ccccc3C)C2=O)cc(Br)c1OC. The van der Waals surface area contributed by atoms with Crippen LogP contribution in [0.1, 0.15) is 16.7 Å². The Kier molecular flexibility index (Phi) is 6.75. The van der Waals surface area contributed by atoms with Crippen LogP contribution in [0.2, 0.25) is 0 Å². The molecule has 0 saturated carbocycles. The second kappa shape index (κ2) is 9.76. The van der Waals surface area contributed by atoms with Gasteiger partial charge in [0.2, 0.25) is 0 Å². The van der Waals surface area contributed by atoms with Gasteiger partial charge in [0.1, 0.15) is 5.57 Å². The molecule has 0 radical (unpaired) electrons. The van der Waals surface area contributed by atoms with Gasteiger partial charge in [0.15, 0.2) is 11.5 Å². The Bertz CT molecular complexity index is 1310. The van der Waals surface area contributed by atoms with Crippen molar-refractivity contribution < 1.29 is 23.9 Å². The molecule has 1 fully saturated rings. The number of hydrogen-bond donors (Lipinski definition) is 0. The zero-order valence-electron chi connectivity index (χ0n) is 19.7. The van der Waals surface area contributed by atoms with Gasteiger partial charge in [-0.05, 0) is 76.8 Å². The third-order valence-corrected chi connectivity index (χ3v) is 6.32. The number of benzene rings is 3. The molecule has 3 aromatic carbocycles. The molecule has 178 valence electrons. The molecule has 0 bridgehead atoms. The van der Waals surface area contributed by atoms with Crippen molar-refractivity contribution in [2.75, 3.05) is 24.0 Å². The van der Waals surface area contributed by atoms with Gasteiger partial charge in [-0.2, -0.15) is 0 Å². The lowest BCUT2D eigenvalue weighted by molar-refractivity contribution is -0.121. The van der Waals surface area contributed by atoms with Crippen molar-refractivity contribution in [3.63, 3.8) is 0 Å². The number of carbonyl (C=O) groups excluding carboxylic acids is 3. The summed E-state index contributed by atoms with van der Waals surface area (Å²) in [6.07, 6.45) is 1.46. The summed E-state index contributed by atoms with van der Waals surface area (Å²) in [5, 5.41) is 0. The van der Waals surface area contributed by atoms with Crippen molar-refractivity contribution in [3.8, 4) is 11.5 Å². The number of urea groups is 1. The van der Waals surface area contributed by atoms with Gasteiger partial charge in [0.25, 0.3) is 11.8 Å². The van der Waals surface area contributed by atoms with Crippen LogP contribution in [0.5, 0.6) is 11.5 Å². The number of para-hydroxylation sites is 2. The number of aryl methyl sites for hydroxylation is 2. The average Bonchev–Trinajstić information content (AvgIpc) is 2.84. The lowest BCUT2D eigenvalue weighted by Crippen LogP contribution is -2.57. The fraction of sp³-hybridized carbons (Fsp3) is 0.148. The van der Waals surface area contributed by atoms with Crippen LogP contribution in [-0.4, -0.2) is 32.1 Å². The molecule has 1 aliphatic heterocycles. The predicted octanol–water partition coefficient (Wildman–Crippen LogP) is 5.67. The predicted molar refractivity (Wildman–Crippen MR) is 138 cm³/mol. The molecule has 4 amide bonds. The number of amides is 4. The molecular weight excluding hydrogens is 512 g/mol. The second-order valence-corrected chi connectivity index (χ2v) is 8.79. The van der Waals surface area contributed by atoms with Gasteiger partial charge in [0.05, 0.1) is 30.1 Å². The number of methoxy groups -OCH3 is 2. The Hall–Kier alpha value is -3.91. The van der Waals surface area contributed by atoms with Crippen LogP contribution in [0.3, 0.4) is 0 Å². The molecule has 0 atom stereocenters. The summed E-state index contributed by atoms with van der Waals surface area (Å²) in [6.45, 7) is 3.61. The molecule has 3 aromatic rings. The summed E-state index contributed by atoms with van der Waals surface area (Å²) in [4.78, 5) is 43.0. The minimum Gasteiger partial charge on any atom is -0.493 e. The smallest absolute Gasteiger partial charge is 0.343 e. The molecule has 1 heterocycles. The van der Waals surface area contributed by atoms with Gasteiger partial charge >= 0.3 is 6.03 Å². The number of carbonyl (C=O) groups is 3. The van der Waals surface area contributed by atoms with E-state index in [1.165, 1.54) is 20.3 Å². The van der Waals surface area contributed by atoms with E-state index in [1.807, 2.05) is 12.1 Å². The number of hydrogen-bond acceptors (Lipinski definition) is 5. The Morgan fingerprint density at radius 3 is 1.74 bits per heavy atom. The summed E-state index contributed by atoms with van der Waals surface area (Å²) in [5.41, 5.74) is 2.63. The highest BCUT2D eigenvalue weighted by molar-refractivity contribution is 9.10. The Morgan fingerprint density at radius 1 is 0.771 bits per heavy atom. The van der Waals surface area contributed by atoms with E-state index < -0.39 is 17.8 Å².